The third kappa shape index (κ3) is 3.19. The van der Waals surface area contributed by atoms with Crippen molar-refractivity contribution in [1.82, 2.24) is 9.97 Å². The van der Waals surface area contributed by atoms with Gasteiger partial charge in [0.15, 0.2) is 0 Å². The molecular formula is C10H14N2O3. The first-order chi connectivity index (χ1) is 7.02. The molecule has 0 aliphatic carbocycles. The van der Waals surface area contributed by atoms with Crippen molar-refractivity contribution in [3.05, 3.63) is 17.6 Å². The average molecular weight is 210 g/mol. The molecule has 0 spiro atoms. The molecule has 5 nitrogen and oxygen atoms in total. The van der Waals surface area contributed by atoms with Crippen LogP contribution in [0, 0.1) is 0 Å². The number of rotatable bonds is 4. The number of nitrogens with zero attached hydrogens (tertiary/aromatic N) is 2. The van der Waals surface area contributed by atoms with Gasteiger partial charge in [-0.2, -0.15) is 4.98 Å². The SMILES string of the molecule is CCc1cc(OC(C)C)nc(C(=O)O)n1. The topological polar surface area (TPSA) is 72.3 Å². The van der Waals surface area contributed by atoms with E-state index in [4.69, 9.17) is 9.84 Å². The summed E-state index contributed by atoms with van der Waals surface area (Å²) >= 11 is 0. The zero-order valence-corrected chi connectivity index (χ0v) is 9.02. The summed E-state index contributed by atoms with van der Waals surface area (Å²) in [5, 5.41) is 8.78. The first kappa shape index (κ1) is 11.4. The lowest BCUT2D eigenvalue weighted by atomic mass is 10.3. The summed E-state index contributed by atoms with van der Waals surface area (Å²) in [4.78, 5) is 18.4. The lowest BCUT2D eigenvalue weighted by molar-refractivity contribution is 0.0680. The lowest BCUT2D eigenvalue weighted by Gasteiger charge is -2.09. The molecule has 0 aliphatic heterocycles. The number of aromatic nitrogens is 2. The van der Waals surface area contributed by atoms with Crippen molar-refractivity contribution in [3.63, 3.8) is 0 Å². The van der Waals surface area contributed by atoms with Crippen LogP contribution in [0.5, 0.6) is 5.88 Å². The first-order valence-electron chi connectivity index (χ1n) is 4.80. The normalized spacial score (nSPS) is 10.4. The van der Waals surface area contributed by atoms with Crippen molar-refractivity contribution in [1.29, 1.82) is 0 Å². The minimum atomic E-state index is -1.14. The number of carboxylic acid groups (broad SMARTS) is 1. The standard InChI is InChI=1S/C10H14N2O3/c1-4-7-5-8(15-6(2)3)12-9(11-7)10(13)14/h5-6H,4H2,1-3H3,(H,13,14). The molecule has 15 heavy (non-hydrogen) atoms. The van der Waals surface area contributed by atoms with E-state index in [0.29, 0.717) is 18.0 Å². The molecule has 0 aliphatic rings. The van der Waals surface area contributed by atoms with Gasteiger partial charge in [0.25, 0.3) is 0 Å². The number of hydrogen-bond acceptors (Lipinski definition) is 4. The molecule has 0 saturated carbocycles. The quantitative estimate of drug-likeness (QED) is 0.815. The molecule has 1 heterocycles. The van der Waals surface area contributed by atoms with E-state index in [1.807, 2.05) is 20.8 Å². The fourth-order valence-corrected chi connectivity index (χ4v) is 1.05. The van der Waals surface area contributed by atoms with E-state index < -0.39 is 5.97 Å². The highest BCUT2D eigenvalue weighted by atomic mass is 16.5. The van der Waals surface area contributed by atoms with E-state index in [1.165, 1.54) is 0 Å². The van der Waals surface area contributed by atoms with Gasteiger partial charge in [-0.3, -0.25) is 0 Å². The molecule has 0 fully saturated rings. The van der Waals surface area contributed by atoms with Gasteiger partial charge in [0.05, 0.1) is 6.10 Å². The van der Waals surface area contributed by atoms with Crippen LogP contribution < -0.4 is 4.74 Å². The van der Waals surface area contributed by atoms with E-state index in [1.54, 1.807) is 6.07 Å². The largest absolute Gasteiger partial charge is 0.475 e. The van der Waals surface area contributed by atoms with E-state index in [9.17, 15) is 4.79 Å². The molecule has 0 saturated heterocycles. The molecule has 1 rings (SSSR count). The monoisotopic (exact) mass is 210 g/mol. The Labute approximate surface area is 88.1 Å². The van der Waals surface area contributed by atoms with Crippen molar-refractivity contribution in [2.24, 2.45) is 0 Å². The number of carboxylic acids is 1. The van der Waals surface area contributed by atoms with Crippen LogP contribution in [0.2, 0.25) is 0 Å². The highest BCUT2D eigenvalue weighted by Crippen LogP contribution is 2.11. The van der Waals surface area contributed by atoms with Gasteiger partial charge in [0.1, 0.15) is 0 Å². The molecule has 0 amide bonds. The molecule has 0 radical (unpaired) electrons. The van der Waals surface area contributed by atoms with Crippen molar-refractivity contribution in [3.8, 4) is 5.88 Å². The maximum atomic E-state index is 10.7. The van der Waals surface area contributed by atoms with Gasteiger partial charge in [-0.1, -0.05) is 6.92 Å². The second-order valence-corrected chi connectivity index (χ2v) is 3.35. The zero-order chi connectivity index (χ0) is 11.4. The van der Waals surface area contributed by atoms with Crippen LogP contribution >= 0.6 is 0 Å². The van der Waals surface area contributed by atoms with Crippen LogP contribution in [0.3, 0.4) is 0 Å². The molecule has 1 aromatic rings. The molecule has 0 aromatic carbocycles. The molecular weight excluding hydrogens is 196 g/mol. The molecule has 0 bridgehead atoms. The Morgan fingerprint density at radius 1 is 1.53 bits per heavy atom. The zero-order valence-electron chi connectivity index (χ0n) is 9.02. The van der Waals surface area contributed by atoms with Crippen LogP contribution in [0.15, 0.2) is 6.07 Å². The van der Waals surface area contributed by atoms with Crippen molar-refractivity contribution in [2.45, 2.75) is 33.3 Å². The molecule has 82 valence electrons. The highest BCUT2D eigenvalue weighted by molar-refractivity contribution is 5.83. The van der Waals surface area contributed by atoms with Crippen LogP contribution in [0.4, 0.5) is 0 Å². The first-order valence-corrected chi connectivity index (χ1v) is 4.80. The highest BCUT2D eigenvalue weighted by Gasteiger charge is 2.11. The number of carbonyl (C=O) groups is 1. The van der Waals surface area contributed by atoms with E-state index >= 15 is 0 Å². The summed E-state index contributed by atoms with van der Waals surface area (Å²) in [6.45, 7) is 5.61. The summed E-state index contributed by atoms with van der Waals surface area (Å²) in [5.41, 5.74) is 0.665. The Hall–Kier alpha value is -1.65. The maximum absolute atomic E-state index is 10.7. The van der Waals surface area contributed by atoms with Gasteiger partial charge < -0.3 is 9.84 Å². The molecule has 5 heteroatoms. The van der Waals surface area contributed by atoms with Crippen molar-refractivity contribution in [2.75, 3.05) is 0 Å². The predicted octanol–water partition coefficient (Wildman–Crippen LogP) is 1.52. The van der Waals surface area contributed by atoms with E-state index in [-0.39, 0.29) is 11.9 Å². The molecule has 1 aromatic heterocycles. The summed E-state index contributed by atoms with van der Waals surface area (Å²) in [6.07, 6.45) is 0.614. The van der Waals surface area contributed by atoms with Crippen LogP contribution in [-0.2, 0) is 6.42 Å². The number of hydrogen-bond donors (Lipinski definition) is 1. The Morgan fingerprint density at radius 3 is 2.67 bits per heavy atom. The summed E-state index contributed by atoms with van der Waals surface area (Å²) in [5.74, 6) is -1.04. The second-order valence-electron chi connectivity index (χ2n) is 3.35. The van der Waals surface area contributed by atoms with E-state index in [0.717, 1.165) is 0 Å². The Kier molecular flexibility index (Phi) is 3.60. The number of aromatic carboxylic acids is 1. The Balaban J connectivity index is 3.05. The van der Waals surface area contributed by atoms with Gasteiger partial charge in [-0.15, -0.1) is 0 Å². The minimum Gasteiger partial charge on any atom is -0.475 e. The van der Waals surface area contributed by atoms with E-state index in [2.05, 4.69) is 9.97 Å². The van der Waals surface area contributed by atoms with Crippen molar-refractivity contribution < 1.29 is 14.6 Å². The number of ether oxygens (including phenoxy) is 1. The van der Waals surface area contributed by atoms with Gasteiger partial charge >= 0.3 is 5.97 Å². The molecule has 0 unspecified atom stereocenters. The summed E-state index contributed by atoms with van der Waals surface area (Å²) < 4.78 is 5.33. The number of aryl methyl sites for hydroxylation is 1. The molecule has 0 atom stereocenters. The molecule has 1 N–H and O–H groups in total. The predicted molar refractivity (Wildman–Crippen MR) is 54.1 cm³/mol. The van der Waals surface area contributed by atoms with Crippen molar-refractivity contribution >= 4 is 5.97 Å². The Bertz CT molecular complexity index is 364. The third-order valence-electron chi connectivity index (χ3n) is 1.67. The van der Waals surface area contributed by atoms with Crippen LogP contribution in [0.25, 0.3) is 0 Å². The van der Waals surface area contributed by atoms with Crippen LogP contribution in [0.1, 0.15) is 37.1 Å². The second kappa shape index (κ2) is 4.72. The van der Waals surface area contributed by atoms with Gasteiger partial charge in [-0.25, -0.2) is 9.78 Å². The fraction of sp³-hybridized carbons (Fsp3) is 0.500. The summed E-state index contributed by atoms with van der Waals surface area (Å²) in [7, 11) is 0. The lowest BCUT2D eigenvalue weighted by Crippen LogP contribution is -2.12. The Morgan fingerprint density at radius 2 is 2.20 bits per heavy atom. The fourth-order valence-electron chi connectivity index (χ4n) is 1.05. The van der Waals surface area contributed by atoms with Gasteiger partial charge in [0, 0.05) is 11.8 Å². The average Bonchev–Trinajstić information content (AvgIpc) is 2.16. The van der Waals surface area contributed by atoms with Gasteiger partial charge in [0.2, 0.25) is 11.7 Å². The smallest absolute Gasteiger partial charge is 0.374 e. The minimum absolute atomic E-state index is 0.0359. The van der Waals surface area contributed by atoms with Crippen LogP contribution in [-0.4, -0.2) is 27.1 Å². The maximum Gasteiger partial charge on any atom is 0.374 e. The summed E-state index contributed by atoms with van der Waals surface area (Å²) in [6, 6.07) is 1.66. The third-order valence-corrected chi connectivity index (χ3v) is 1.67. The van der Waals surface area contributed by atoms with Gasteiger partial charge in [-0.05, 0) is 20.3 Å².